The fourth-order valence-corrected chi connectivity index (χ4v) is 2.52. The number of aryl methyl sites for hydroxylation is 2. The highest BCUT2D eigenvalue weighted by Gasteiger charge is 2.15. The van der Waals surface area contributed by atoms with E-state index in [2.05, 4.69) is 27.9 Å². The Morgan fingerprint density at radius 2 is 1.81 bits per heavy atom. The molecule has 0 spiro atoms. The van der Waals surface area contributed by atoms with Gasteiger partial charge in [-0.25, -0.2) is 0 Å². The van der Waals surface area contributed by atoms with Gasteiger partial charge in [0.15, 0.2) is 6.10 Å². The van der Waals surface area contributed by atoms with Crippen molar-refractivity contribution in [2.24, 2.45) is 0 Å². The van der Waals surface area contributed by atoms with Gasteiger partial charge in [-0.1, -0.05) is 17.7 Å². The van der Waals surface area contributed by atoms with Gasteiger partial charge in [0, 0.05) is 9.26 Å². The predicted molar refractivity (Wildman–Crippen MR) is 93.8 cm³/mol. The number of carbonyl (C=O) groups excluding carboxylic acids is 1. The van der Waals surface area contributed by atoms with Crippen molar-refractivity contribution in [3.05, 3.63) is 57.2 Å². The lowest BCUT2D eigenvalue weighted by molar-refractivity contribution is -0.122. The van der Waals surface area contributed by atoms with Crippen LogP contribution in [0.5, 0.6) is 5.75 Å². The van der Waals surface area contributed by atoms with Crippen LogP contribution in [0, 0.1) is 17.4 Å². The average molecular weight is 395 g/mol. The molecule has 0 radical (unpaired) electrons. The summed E-state index contributed by atoms with van der Waals surface area (Å²) < 4.78 is 6.80. The topological polar surface area (TPSA) is 38.3 Å². The first-order chi connectivity index (χ1) is 9.95. The number of anilines is 1. The van der Waals surface area contributed by atoms with Crippen LogP contribution in [0.25, 0.3) is 0 Å². The van der Waals surface area contributed by atoms with E-state index in [1.165, 1.54) is 0 Å². The summed E-state index contributed by atoms with van der Waals surface area (Å²) in [6.07, 6.45) is -0.550. The smallest absolute Gasteiger partial charge is 0.265 e. The second-order valence-electron chi connectivity index (χ2n) is 5.02. The normalized spacial score (nSPS) is 11.8. The Balaban J connectivity index is 2.00. The second kappa shape index (κ2) is 6.93. The van der Waals surface area contributed by atoms with E-state index in [1.807, 2.05) is 56.3 Å². The van der Waals surface area contributed by atoms with Gasteiger partial charge in [0.1, 0.15) is 5.75 Å². The van der Waals surface area contributed by atoms with Crippen molar-refractivity contribution < 1.29 is 9.53 Å². The van der Waals surface area contributed by atoms with Crippen molar-refractivity contribution >= 4 is 34.2 Å². The van der Waals surface area contributed by atoms with Gasteiger partial charge in [-0.15, -0.1) is 0 Å². The summed E-state index contributed by atoms with van der Waals surface area (Å²) in [5.41, 5.74) is 3.02. The van der Waals surface area contributed by atoms with Crippen LogP contribution < -0.4 is 10.1 Å². The molecule has 1 N–H and O–H groups in total. The van der Waals surface area contributed by atoms with E-state index >= 15 is 0 Å². The molecule has 0 fully saturated rings. The van der Waals surface area contributed by atoms with Crippen molar-refractivity contribution in [2.75, 3.05) is 5.32 Å². The largest absolute Gasteiger partial charge is 0.481 e. The van der Waals surface area contributed by atoms with Crippen LogP contribution >= 0.6 is 22.6 Å². The molecule has 0 heterocycles. The van der Waals surface area contributed by atoms with Crippen molar-refractivity contribution in [2.45, 2.75) is 26.9 Å². The number of hydrogen-bond acceptors (Lipinski definition) is 2. The highest BCUT2D eigenvalue weighted by atomic mass is 127. The summed E-state index contributed by atoms with van der Waals surface area (Å²) in [6, 6.07) is 13.6. The molecule has 0 aliphatic heterocycles. The number of rotatable bonds is 4. The minimum Gasteiger partial charge on any atom is -0.481 e. The number of nitrogens with one attached hydrogen (secondary N) is 1. The number of ether oxygens (including phenoxy) is 1. The van der Waals surface area contributed by atoms with E-state index in [0.717, 1.165) is 20.4 Å². The first-order valence-corrected chi connectivity index (χ1v) is 7.84. The van der Waals surface area contributed by atoms with Crippen LogP contribution in [0.3, 0.4) is 0 Å². The number of hydrogen-bond donors (Lipinski definition) is 1. The zero-order valence-electron chi connectivity index (χ0n) is 12.3. The first-order valence-electron chi connectivity index (χ1n) is 6.76. The molecule has 3 nitrogen and oxygen atoms in total. The summed E-state index contributed by atoms with van der Waals surface area (Å²) >= 11 is 2.25. The molecular weight excluding hydrogens is 377 g/mol. The zero-order valence-corrected chi connectivity index (χ0v) is 14.5. The van der Waals surface area contributed by atoms with Crippen LogP contribution in [-0.4, -0.2) is 12.0 Å². The number of halogens is 1. The zero-order chi connectivity index (χ0) is 15.4. The Morgan fingerprint density at radius 3 is 2.43 bits per heavy atom. The molecule has 2 aromatic rings. The number of carbonyl (C=O) groups is 1. The lowest BCUT2D eigenvalue weighted by Gasteiger charge is -2.16. The van der Waals surface area contributed by atoms with E-state index in [0.29, 0.717) is 5.75 Å². The SMILES string of the molecule is Cc1ccc(OC(C)C(=O)Nc2ccc(I)cc2C)cc1. The van der Waals surface area contributed by atoms with Gasteiger partial charge in [0.05, 0.1) is 0 Å². The van der Waals surface area contributed by atoms with Crippen LogP contribution in [0.2, 0.25) is 0 Å². The van der Waals surface area contributed by atoms with Gasteiger partial charge in [0.2, 0.25) is 0 Å². The maximum Gasteiger partial charge on any atom is 0.265 e. The molecule has 0 aliphatic carbocycles. The van der Waals surface area contributed by atoms with Gasteiger partial charge in [0.25, 0.3) is 5.91 Å². The highest BCUT2D eigenvalue weighted by molar-refractivity contribution is 14.1. The molecule has 0 aliphatic rings. The van der Waals surface area contributed by atoms with Crippen LogP contribution in [0.4, 0.5) is 5.69 Å². The molecule has 0 aromatic heterocycles. The van der Waals surface area contributed by atoms with Gasteiger partial charge >= 0.3 is 0 Å². The molecular formula is C17H18INO2. The lowest BCUT2D eigenvalue weighted by atomic mass is 10.2. The third kappa shape index (κ3) is 4.46. The molecule has 1 unspecified atom stereocenters. The minimum atomic E-state index is -0.550. The van der Waals surface area contributed by atoms with E-state index in [1.54, 1.807) is 6.92 Å². The Kier molecular flexibility index (Phi) is 5.22. The summed E-state index contributed by atoms with van der Waals surface area (Å²) in [4.78, 5) is 12.2. The highest BCUT2D eigenvalue weighted by Crippen LogP contribution is 2.19. The fourth-order valence-electron chi connectivity index (χ4n) is 1.88. The monoisotopic (exact) mass is 395 g/mol. The van der Waals surface area contributed by atoms with Gasteiger partial charge < -0.3 is 10.1 Å². The standard InChI is InChI=1S/C17H18INO2/c1-11-4-7-15(8-5-11)21-13(3)17(20)19-16-9-6-14(18)10-12(16)2/h4-10,13H,1-3H3,(H,19,20). The number of benzene rings is 2. The molecule has 1 atom stereocenters. The lowest BCUT2D eigenvalue weighted by Crippen LogP contribution is -2.30. The first kappa shape index (κ1) is 15.8. The fraction of sp³-hybridized carbons (Fsp3) is 0.235. The van der Waals surface area contributed by atoms with Crippen molar-refractivity contribution in [3.63, 3.8) is 0 Å². The van der Waals surface area contributed by atoms with Crippen LogP contribution in [0.1, 0.15) is 18.1 Å². The Bertz CT molecular complexity index is 638. The van der Waals surface area contributed by atoms with E-state index in [-0.39, 0.29) is 5.91 Å². The summed E-state index contributed by atoms with van der Waals surface area (Å²) in [5.74, 6) is 0.544. The molecule has 4 heteroatoms. The van der Waals surface area contributed by atoms with Crippen LogP contribution in [0.15, 0.2) is 42.5 Å². The van der Waals surface area contributed by atoms with Crippen LogP contribution in [-0.2, 0) is 4.79 Å². The third-order valence-corrected chi connectivity index (χ3v) is 3.82. The maximum atomic E-state index is 12.2. The molecule has 1 amide bonds. The third-order valence-electron chi connectivity index (χ3n) is 3.15. The Hall–Kier alpha value is -1.56. The number of amides is 1. The molecule has 2 rings (SSSR count). The van der Waals surface area contributed by atoms with E-state index < -0.39 is 6.10 Å². The quantitative estimate of drug-likeness (QED) is 0.784. The van der Waals surface area contributed by atoms with Gasteiger partial charge in [-0.3, -0.25) is 4.79 Å². The molecule has 21 heavy (non-hydrogen) atoms. The molecule has 0 saturated carbocycles. The van der Waals surface area contributed by atoms with Crippen molar-refractivity contribution in [1.82, 2.24) is 0 Å². The predicted octanol–water partition coefficient (Wildman–Crippen LogP) is 4.31. The maximum absolute atomic E-state index is 12.2. The molecule has 0 saturated heterocycles. The van der Waals surface area contributed by atoms with Gasteiger partial charge in [-0.05, 0) is 79.3 Å². The molecule has 110 valence electrons. The van der Waals surface area contributed by atoms with Crippen molar-refractivity contribution in [1.29, 1.82) is 0 Å². The van der Waals surface area contributed by atoms with E-state index in [9.17, 15) is 4.79 Å². The Morgan fingerprint density at radius 1 is 1.14 bits per heavy atom. The van der Waals surface area contributed by atoms with Crippen molar-refractivity contribution in [3.8, 4) is 5.75 Å². The van der Waals surface area contributed by atoms with Gasteiger partial charge in [-0.2, -0.15) is 0 Å². The summed E-state index contributed by atoms with van der Waals surface area (Å²) in [5, 5.41) is 2.90. The Labute approximate surface area is 138 Å². The molecule has 2 aromatic carbocycles. The molecule has 0 bridgehead atoms. The minimum absolute atomic E-state index is 0.153. The van der Waals surface area contributed by atoms with E-state index in [4.69, 9.17) is 4.74 Å². The average Bonchev–Trinajstić information content (AvgIpc) is 2.44. The summed E-state index contributed by atoms with van der Waals surface area (Å²) in [7, 11) is 0. The summed E-state index contributed by atoms with van der Waals surface area (Å²) in [6.45, 7) is 5.74. The second-order valence-corrected chi connectivity index (χ2v) is 6.27.